The highest BCUT2D eigenvalue weighted by Crippen LogP contribution is 2.37. The van der Waals surface area contributed by atoms with Gasteiger partial charge in [0.05, 0.1) is 25.0 Å². The van der Waals surface area contributed by atoms with Gasteiger partial charge in [-0.05, 0) is 48.9 Å². The molecule has 3 N–H and O–H groups in total. The smallest absolute Gasteiger partial charge is 0.280 e. The van der Waals surface area contributed by atoms with Crippen LogP contribution in [0.15, 0.2) is 30.5 Å². The number of morpholine rings is 1. The SMILES string of the molecule is COc1cnc(C(F)F)cc1-c1cc(N2CCOCC2=O)ccc1C(=O)NC(=N)SC(=N)C1CC1. The van der Waals surface area contributed by atoms with Crippen LogP contribution in [0.25, 0.3) is 11.1 Å². The summed E-state index contributed by atoms with van der Waals surface area (Å²) in [5.74, 6) is -0.634. The summed E-state index contributed by atoms with van der Waals surface area (Å²) in [4.78, 5) is 30.7. The molecule has 2 aliphatic rings. The van der Waals surface area contributed by atoms with Crippen molar-refractivity contribution < 1.29 is 27.8 Å². The Kier molecular flexibility index (Phi) is 7.41. The Labute approximate surface area is 204 Å². The Morgan fingerprint density at radius 1 is 1.29 bits per heavy atom. The number of pyridine rings is 1. The van der Waals surface area contributed by atoms with E-state index in [2.05, 4.69) is 10.3 Å². The molecule has 2 amide bonds. The third-order valence-corrected chi connectivity index (χ3v) is 6.41. The van der Waals surface area contributed by atoms with Crippen LogP contribution in [0.3, 0.4) is 0 Å². The molecule has 0 bridgehead atoms. The van der Waals surface area contributed by atoms with Crippen molar-refractivity contribution in [3.05, 3.63) is 41.7 Å². The van der Waals surface area contributed by atoms with Crippen LogP contribution in [-0.2, 0) is 9.53 Å². The zero-order valence-electron chi connectivity index (χ0n) is 18.8. The van der Waals surface area contributed by atoms with E-state index in [-0.39, 0.29) is 46.0 Å². The number of thioether (sulfide) groups is 1. The Morgan fingerprint density at radius 3 is 2.71 bits per heavy atom. The number of alkyl halides is 2. The van der Waals surface area contributed by atoms with Crippen molar-refractivity contribution in [3.63, 3.8) is 0 Å². The van der Waals surface area contributed by atoms with Crippen LogP contribution >= 0.6 is 11.8 Å². The molecule has 1 saturated carbocycles. The average Bonchev–Trinajstić information content (AvgIpc) is 3.69. The molecule has 2 heterocycles. The number of ether oxygens (including phenoxy) is 2. The number of nitrogens with zero attached hydrogens (tertiary/aromatic N) is 2. The number of carbonyl (C=O) groups is 2. The molecule has 1 aliphatic carbocycles. The first-order chi connectivity index (χ1) is 16.8. The normalized spacial score (nSPS) is 15.8. The van der Waals surface area contributed by atoms with Gasteiger partial charge in [-0.25, -0.2) is 8.78 Å². The van der Waals surface area contributed by atoms with Gasteiger partial charge in [-0.2, -0.15) is 0 Å². The van der Waals surface area contributed by atoms with Gasteiger partial charge in [-0.1, -0.05) is 0 Å². The fourth-order valence-corrected chi connectivity index (χ4v) is 4.36. The lowest BCUT2D eigenvalue weighted by Gasteiger charge is -2.27. The molecule has 35 heavy (non-hydrogen) atoms. The van der Waals surface area contributed by atoms with Gasteiger partial charge in [0.25, 0.3) is 18.2 Å². The van der Waals surface area contributed by atoms with Crippen molar-refractivity contribution in [2.24, 2.45) is 5.92 Å². The zero-order valence-corrected chi connectivity index (χ0v) is 19.6. The lowest BCUT2D eigenvalue weighted by atomic mass is 9.97. The number of anilines is 1. The second-order valence-corrected chi connectivity index (χ2v) is 9.01. The number of nitrogens with one attached hydrogen (secondary N) is 3. The maximum absolute atomic E-state index is 13.4. The Balaban J connectivity index is 1.74. The van der Waals surface area contributed by atoms with Gasteiger partial charge < -0.3 is 19.7 Å². The van der Waals surface area contributed by atoms with Gasteiger partial charge in [-0.15, -0.1) is 0 Å². The van der Waals surface area contributed by atoms with E-state index in [1.165, 1.54) is 18.1 Å². The van der Waals surface area contributed by atoms with Crippen molar-refractivity contribution in [2.75, 3.05) is 31.8 Å². The topological polar surface area (TPSA) is 128 Å². The molecule has 9 nitrogen and oxygen atoms in total. The molecule has 0 unspecified atom stereocenters. The third kappa shape index (κ3) is 5.65. The van der Waals surface area contributed by atoms with Crippen molar-refractivity contribution >= 4 is 39.5 Å². The minimum absolute atomic E-state index is 0.0856. The van der Waals surface area contributed by atoms with E-state index >= 15 is 0 Å². The largest absolute Gasteiger partial charge is 0.494 e. The van der Waals surface area contributed by atoms with Crippen molar-refractivity contribution in [1.82, 2.24) is 10.3 Å². The summed E-state index contributed by atoms with van der Waals surface area (Å²) in [5, 5.41) is 18.6. The van der Waals surface area contributed by atoms with Crippen LogP contribution in [0.2, 0.25) is 0 Å². The average molecular weight is 504 g/mol. The lowest BCUT2D eigenvalue weighted by molar-refractivity contribution is -0.125. The maximum Gasteiger partial charge on any atom is 0.280 e. The Morgan fingerprint density at radius 2 is 2.06 bits per heavy atom. The summed E-state index contributed by atoms with van der Waals surface area (Å²) >= 11 is 0.869. The third-order valence-electron chi connectivity index (χ3n) is 5.55. The molecule has 4 rings (SSSR count). The summed E-state index contributed by atoms with van der Waals surface area (Å²) < 4.78 is 37.4. The number of amidine groups is 1. The number of methoxy groups -OCH3 is 1. The van der Waals surface area contributed by atoms with E-state index < -0.39 is 18.0 Å². The summed E-state index contributed by atoms with van der Waals surface area (Å²) in [5.41, 5.74) is 0.469. The monoisotopic (exact) mass is 503 g/mol. The highest BCUT2D eigenvalue weighted by atomic mass is 32.2. The number of hydrogen-bond acceptors (Lipinski definition) is 8. The molecule has 1 aromatic heterocycles. The van der Waals surface area contributed by atoms with Gasteiger partial charge in [0.2, 0.25) is 0 Å². The predicted molar refractivity (Wildman–Crippen MR) is 128 cm³/mol. The second-order valence-electron chi connectivity index (χ2n) is 7.96. The van der Waals surface area contributed by atoms with Crippen molar-refractivity contribution in [1.29, 1.82) is 10.8 Å². The Bertz CT molecular complexity index is 1190. The fraction of sp³-hybridized carbons (Fsp3) is 0.348. The molecular formula is C23H23F2N5O4S. The second kappa shape index (κ2) is 10.5. The summed E-state index contributed by atoms with van der Waals surface area (Å²) in [6, 6.07) is 5.73. The molecule has 2 aromatic rings. The van der Waals surface area contributed by atoms with E-state index in [4.69, 9.17) is 20.3 Å². The summed E-state index contributed by atoms with van der Waals surface area (Å²) in [7, 11) is 1.35. The zero-order chi connectivity index (χ0) is 25.1. The molecule has 0 atom stereocenters. The van der Waals surface area contributed by atoms with Crippen LogP contribution in [0.4, 0.5) is 14.5 Å². The van der Waals surface area contributed by atoms with E-state index in [0.29, 0.717) is 23.9 Å². The van der Waals surface area contributed by atoms with E-state index in [9.17, 15) is 18.4 Å². The highest BCUT2D eigenvalue weighted by molar-refractivity contribution is 8.26. The fourth-order valence-electron chi connectivity index (χ4n) is 3.60. The number of carbonyl (C=O) groups excluding carboxylic acids is 2. The van der Waals surface area contributed by atoms with Crippen molar-refractivity contribution in [2.45, 2.75) is 19.3 Å². The molecule has 12 heteroatoms. The number of amides is 2. The van der Waals surface area contributed by atoms with Crippen LogP contribution in [0.1, 0.15) is 35.3 Å². The van der Waals surface area contributed by atoms with E-state index in [1.807, 2.05) is 0 Å². The Hall–Kier alpha value is -3.38. The first-order valence-corrected chi connectivity index (χ1v) is 11.6. The number of aromatic nitrogens is 1. The van der Waals surface area contributed by atoms with Gasteiger partial charge in [0, 0.05) is 34.8 Å². The van der Waals surface area contributed by atoms with Gasteiger partial charge in [0.15, 0.2) is 5.17 Å². The number of rotatable bonds is 6. The minimum atomic E-state index is -2.85. The molecule has 0 spiro atoms. The number of halogens is 2. The molecule has 2 fully saturated rings. The van der Waals surface area contributed by atoms with E-state index in [1.54, 1.807) is 12.1 Å². The van der Waals surface area contributed by atoms with Crippen LogP contribution < -0.4 is 15.0 Å². The quantitative estimate of drug-likeness (QED) is 0.406. The first-order valence-electron chi connectivity index (χ1n) is 10.8. The maximum atomic E-state index is 13.4. The first kappa shape index (κ1) is 24.7. The molecule has 1 aliphatic heterocycles. The van der Waals surface area contributed by atoms with Crippen LogP contribution in [0.5, 0.6) is 5.75 Å². The minimum Gasteiger partial charge on any atom is -0.494 e. The molecule has 184 valence electrons. The molecule has 0 radical (unpaired) electrons. The molecule has 1 aromatic carbocycles. The predicted octanol–water partition coefficient (Wildman–Crippen LogP) is 3.84. The molecular weight excluding hydrogens is 480 g/mol. The lowest BCUT2D eigenvalue weighted by Crippen LogP contribution is -2.41. The van der Waals surface area contributed by atoms with Gasteiger partial charge >= 0.3 is 0 Å². The number of hydrogen-bond donors (Lipinski definition) is 3. The van der Waals surface area contributed by atoms with Gasteiger partial charge in [-0.3, -0.25) is 25.4 Å². The number of benzene rings is 1. The standard InChI is InChI=1S/C23H23F2N5O4S/c1-33-18-10-28-17(20(24)25)9-16(18)15-8-13(30-6-7-34-11-19(30)31)4-5-14(15)22(32)29-23(27)35-21(26)12-2-3-12/h4-5,8-10,12,20,26H,2-3,6-7,11H2,1H3,(H2,27,29,32). The van der Waals surface area contributed by atoms with Gasteiger partial charge in [0.1, 0.15) is 18.1 Å². The summed E-state index contributed by atoms with van der Waals surface area (Å²) in [6.07, 6.45) is 0.0967. The molecule has 1 saturated heterocycles. The van der Waals surface area contributed by atoms with Crippen LogP contribution in [0, 0.1) is 16.7 Å². The summed E-state index contributed by atoms with van der Waals surface area (Å²) in [6.45, 7) is 0.538. The van der Waals surface area contributed by atoms with Crippen LogP contribution in [-0.4, -0.2) is 53.9 Å². The van der Waals surface area contributed by atoms with E-state index in [0.717, 1.165) is 36.9 Å². The van der Waals surface area contributed by atoms with Crippen molar-refractivity contribution in [3.8, 4) is 16.9 Å². The highest BCUT2D eigenvalue weighted by Gasteiger charge is 2.29.